The molecule has 4 heteroatoms. The molecule has 86 valence electrons. The lowest BCUT2D eigenvalue weighted by Crippen LogP contribution is -2.52. The predicted molar refractivity (Wildman–Crippen MR) is 60.3 cm³/mol. The zero-order valence-electron chi connectivity index (χ0n) is 9.60. The third kappa shape index (κ3) is 2.39. The first-order valence-corrected chi connectivity index (χ1v) is 5.37. The van der Waals surface area contributed by atoms with E-state index in [0.29, 0.717) is 11.0 Å². The van der Waals surface area contributed by atoms with E-state index >= 15 is 0 Å². The van der Waals surface area contributed by atoms with Gasteiger partial charge in [-0.15, -0.1) is 0 Å². The van der Waals surface area contributed by atoms with Crippen molar-refractivity contribution in [2.75, 3.05) is 13.1 Å². The highest BCUT2D eigenvalue weighted by Crippen LogP contribution is 2.29. The summed E-state index contributed by atoms with van der Waals surface area (Å²) in [6, 6.07) is 3.17. The molecule has 2 rings (SSSR count). The molecule has 1 N–H and O–H groups in total. The zero-order chi connectivity index (χ0) is 11.8. The summed E-state index contributed by atoms with van der Waals surface area (Å²) in [5, 5.41) is 8.86. The molecule has 1 aromatic rings. The standard InChI is InChI=1S/C12H16N2O2/c1-12(2)7-14(8-12)6-10-5-9(11(15)16)3-4-13-10/h3-5H,6-8H2,1-2H3,(H,15,16). The van der Waals surface area contributed by atoms with Crippen LogP contribution in [0.1, 0.15) is 29.9 Å². The number of pyridine rings is 1. The van der Waals surface area contributed by atoms with E-state index < -0.39 is 5.97 Å². The van der Waals surface area contributed by atoms with Gasteiger partial charge in [0, 0.05) is 25.8 Å². The van der Waals surface area contributed by atoms with Gasteiger partial charge in [-0.05, 0) is 17.5 Å². The van der Waals surface area contributed by atoms with Gasteiger partial charge in [-0.3, -0.25) is 9.88 Å². The molecule has 0 aromatic carbocycles. The van der Waals surface area contributed by atoms with Crippen LogP contribution >= 0.6 is 0 Å². The van der Waals surface area contributed by atoms with Crippen molar-refractivity contribution < 1.29 is 9.90 Å². The van der Waals surface area contributed by atoms with Crippen molar-refractivity contribution in [3.8, 4) is 0 Å². The van der Waals surface area contributed by atoms with Gasteiger partial charge in [0.25, 0.3) is 0 Å². The number of carboxylic acids is 1. The minimum atomic E-state index is -0.896. The van der Waals surface area contributed by atoms with Crippen LogP contribution in [0.15, 0.2) is 18.3 Å². The average Bonchev–Trinajstić information content (AvgIpc) is 2.15. The van der Waals surface area contributed by atoms with E-state index in [0.717, 1.165) is 25.3 Å². The lowest BCUT2D eigenvalue weighted by molar-refractivity contribution is 0.0232. The molecule has 1 fully saturated rings. The molecule has 1 aromatic heterocycles. The first-order valence-electron chi connectivity index (χ1n) is 5.37. The van der Waals surface area contributed by atoms with Crippen molar-refractivity contribution in [2.24, 2.45) is 5.41 Å². The Kier molecular flexibility index (Phi) is 2.68. The van der Waals surface area contributed by atoms with Crippen molar-refractivity contribution >= 4 is 5.97 Å². The Morgan fingerprint density at radius 3 is 2.81 bits per heavy atom. The van der Waals surface area contributed by atoms with E-state index in [9.17, 15) is 4.79 Å². The summed E-state index contributed by atoms with van der Waals surface area (Å²) in [7, 11) is 0. The quantitative estimate of drug-likeness (QED) is 0.841. The molecule has 1 aliphatic heterocycles. The van der Waals surface area contributed by atoms with Crippen LogP contribution in [-0.4, -0.2) is 34.0 Å². The maximum absolute atomic E-state index is 10.8. The topological polar surface area (TPSA) is 53.4 Å². The molecule has 1 aliphatic rings. The molecule has 4 nitrogen and oxygen atoms in total. The van der Waals surface area contributed by atoms with Gasteiger partial charge in [-0.25, -0.2) is 4.79 Å². The Morgan fingerprint density at radius 2 is 2.25 bits per heavy atom. The third-order valence-electron chi connectivity index (χ3n) is 2.75. The molecule has 16 heavy (non-hydrogen) atoms. The fourth-order valence-electron chi connectivity index (χ4n) is 2.20. The SMILES string of the molecule is CC1(C)CN(Cc2cc(C(=O)O)ccn2)C1. The fourth-order valence-corrected chi connectivity index (χ4v) is 2.20. The summed E-state index contributed by atoms with van der Waals surface area (Å²) in [6.07, 6.45) is 1.56. The number of nitrogens with zero attached hydrogens (tertiary/aromatic N) is 2. The highest BCUT2D eigenvalue weighted by Gasteiger charge is 2.33. The van der Waals surface area contributed by atoms with Gasteiger partial charge in [0.05, 0.1) is 11.3 Å². The number of likely N-dealkylation sites (tertiary alicyclic amines) is 1. The lowest BCUT2D eigenvalue weighted by Gasteiger charge is -2.45. The number of carboxylic acid groups (broad SMARTS) is 1. The van der Waals surface area contributed by atoms with Crippen LogP contribution in [0.25, 0.3) is 0 Å². The van der Waals surface area contributed by atoms with Crippen LogP contribution in [0.2, 0.25) is 0 Å². The van der Waals surface area contributed by atoms with Crippen LogP contribution in [0.4, 0.5) is 0 Å². The fraction of sp³-hybridized carbons (Fsp3) is 0.500. The molecule has 0 unspecified atom stereocenters. The molecule has 0 amide bonds. The molecular weight excluding hydrogens is 204 g/mol. The summed E-state index contributed by atoms with van der Waals surface area (Å²) < 4.78 is 0. The number of aromatic nitrogens is 1. The maximum atomic E-state index is 10.8. The maximum Gasteiger partial charge on any atom is 0.335 e. The summed E-state index contributed by atoms with van der Waals surface area (Å²) in [4.78, 5) is 17.2. The predicted octanol–water partition coefficient (Wildman–Crippen LogP) is 1.62. The van der Waals surface area contributed by atoms with E-state index in [2.05, 4.69) is 23.7 Å². The minimum absolute atomic E-state index is 0.310. The van der Waals surface area contributed by atoms with Gasteiger partial charge >= 0.3 is 5.97 Å². The number of hydrogen-bond donors (Lipinski definition) is 1. The summed E-state index contributed by atoms with van der Waals surface area (Å²) >= 11 is 0. The zero-order valence-corrected chi connectivity index (χ0v) is 9.60. The highest BCUT2D eigenvalue weighted by molar-refractivity contribution is 5.87. The van der Waals surface area contributed by atoms with Crippen LogP contribution in [0.5, 0.6) is 0 Å². The van der Waals surface area contributed by atoms with Gasteiger partial charge in [0.1, 0.15) is 0 Å². The Morgan fingerprint density at radius 1 is 1.56 bits per heavy atom. The summed E-state index contributed by atoms with van der Waals surface area (Å²) in [6.45, 7) is 7.29. The van der Waals surface area contributed by atoms with Crippen molar-refractivity contribution in [1.82, 2.24) is 9.88 Å². The van der Waals surface area contributed by atoms with Gasteiger partial charge in [0.15, 0.2) is 0 Å². The van der Waals surface area contributed by atoms with Crippen molar-refractivity contribution in [2.45, 2.75) is 20.4 Å². The number of carbonyl (C=O) groups is 1. The van der Waals surface area contributed by atoms with E-state index in [1.165, 1.54) is 6.07 Å². The molecule has 0 aliphatic carbocycles. The smallest absolute Gasteiger partial charge is 0.335 e. The molecule has 0 atom stereocenters. The van der Waals surface area contributed by atoms with Gasteiger partial charge in [-0.2, -0.15) is 0 Å². The number of hydrogen-bond acceptors (Lipinski definition) is 3. The van der Waals surface area contributed by atoms with E-state index in [1.807, 2.05) is 0 Å². The molecule has 1 saturated heterocycles. The Balaban J connectivity index is 2.00. The molecular formula is C12H16N2O2. The minimum Gasteiger partial charge on any atom is -0.478 e. The first kappa shape index (κ1) is 11.1. The average molecular weight is 220 g/mol. The first-order chi connectivity index (χ1) is 7.46. The second-order valence-corrected chi connectivity index (χ2v) is 5.15. The Bertz CT molecular complexity index is 407. The van der Waals surface area contributed by atoms with Gasteiger partial charge in [-0.1, -0.05) is 13.8 Å². The molecule has 0 saturated carbocycles. The summed E-state index contributed by atoms with van der Waals surface area (Å²) in [5.74, 6) is -0.896. The Hall–Kier alpha value is -1.42. The van der Waals surface area contributed by atoms with Crippen LogP contribution in [0.3, 0.4) is 0 Å². The second kappa shape index (κ2) is 3.87. The van der Waals surface area contributed by atoms with Crippen LogP contribution in [0, 0.1) is 5.41 Å². The van der Waals surface area contributed by atoms with Crippen LogP contribution in [-0.2, 0) is 6.54 Å². The van der Waals surface area contributed by atoms with Gasteiger partial charge < -0.3 is 5.11 Å². The van der Waals surface area contributed by atoms with Crippen molar-refractivity contribution in [3.05, 3.63) is 29.6 Å². The molecule has 0 spiro atoms. The normalized spacial score (nSPS) is 19.1. The molecule has 0 bridgehead atoms. The van der Waals surface area contributed by atoms with E-state index in [4.69, 9.17) is 5.11 Å². The van der Waals surface area contributed by atoms with Crippen molar-refractivity contribution in [3.63, 3.8) is 0 Å². The monoisotopic (exact) mass is 220 g/mol. The Labute approximate surface area is 94.9 Å². The largest absolute Gasteiger partial charge is 0.478 e. The summed E-state index contributed by atoms with van der Waals surface area (Å²) in [5.41, 5.74) is 1.53. The van der Waals surface area contributed by atoms with Gasteiger partial charge in [0.2, 0.25) is 0 Å². The molecule has 2 heterocycles. The van der Waals surface area contributed by atoms with E-state index in [1.54, 1.807) is 12.3 Å². The molecule has 0 radical (unpaired) electrons. The van der Waals surface area contributed by atoms with Crippen molar-refractivity contribution in [1.29, 1.82) is 0 Å². The highest BCUT2D eigenvalue weighted by atomic mass is 16.4. The van der Waals surface area contributed by atoms with Crippen LogP contribution < -0.4 is 0 Å². The van der Waals surface area contributed by atoms with E-state index in [-0.39, 0.29) is 0 Å². The number of aromatic carboxylic acids is 1. The number of rotatable bonds is 3. The second-order valence-electron chi connectivity index (χ2n) is 5.15. The lowest BCUT2D eigenvalue weighted by atomic mass is 9.84. The third-order valence-corrected chi connectivity index (χ3v) is 2.75.